The van der Waals surface area contributed by atoms with Crippen molar-refractivity contribution in [1.29, 1.82) is 0 Å². The van der Waals surface area contributed by atoms with Crippen molar-refractivity contribution < 1.29 is 10.2 Å². The van der Waals surface area contributed by atoms with Crippen LogP contribution in [-0.2, 0) is 6.61 Å². The molecule has 12 heavy (non-hydrogen) atoms. The van der Waals surface area contributed by atoms with Crippen LogP contribution in [0.1, 0.15) is 5.69 Å². The molecule has 0 spiro atoms. The van der Waals surface area contributed by atoms with Crippen molar-refractivity contribution in [3.05, 3.63) is 30.2 Å². The Hall–Kier alpha value is -1.55. The maximum absolute atomic E-state index is 9.32. The molecule has 2 aromatic heterocycles. The summed E-state index contributed by atoms with van der Waals surface area (Å²) in [7, 11) is 0. The van der Waals surface area contributed by atoms with Gasteiger partial charge in [0, 0.05) is 6.20 Å². The van der Waals surface area contributed by atoms with E-state index < -0.39 is 0 Å². The first kappa shape index (κ1) is 7.12. The van der Waals surface area contributed by atoms with Crippen LogP contribution in [0.5, 0.6) is 5.75 Å². The fourth-order valence-corrected chi connectivity index (χ4v) is 1.16. The summed E-state index contributed by atoms with van der Waals surface area (Å²) < 4.78 is 1.65. The van der Waals surface area contributed by atoms with Crippen LogP contribution in [0, 0.1) is 0 Å². The highest BCUT2D eigenvalue weighted by Crippen LogP contribution is 2.16. The van der Waals surface area contributed by atoms with Gasteiger partial charge in [0.05, 0.1) is 18.5 Å². The van der Waals surface area contributed by atoms with E-state index in [1.807, 2.05) is 0 Å². The lowest BCUT2D eigenvalue weighted by molar-refractivity contribution is 0.275. The zero-order valence-corrected chi connectivity index (χ0v) is 6.31. The van der Waals surface area contributed by atoms with Crippen molar-refractivity contribution in [2.45, 2.75) is 6.61 Å². The van der Waals surface area contributed by atoms with Crippen LogP contribution >= 0.6 is 0 Å². The Morgan fingerprint density at radius 2 is 2.33 bits per heavy atom. The van der Waals surface area contributed by atoms with E-state index in [0.29, 0.717) is 11.3 Å². The van der Waals surface area contributed by atoms with Crippen molar-refractivity contribution in [2.24, 2.45) is 0 Å². The molecule has 0 bridgehead atoms. The molecular weight excluding hydrogens is 156 g/mol. The smallest absolute Gasteiger partial charge is 0.179 e. The molecule has 0 saturated carbocycles. The Bertz CT molecular complexity index is 408. The molecule has 4 heteroatoms. The number of pyridine rings is 1. The van der Waals surface area contributed by atoms with Gasteiger partial charge in [0.2, 0.25) is 0 Å². The summed E-state index contributed by atoms with van der Waals surface area (Å²) in [6, 6.07) is 3.26. The van der Waals surface area contributed by atoms with Gasteiger partial charge in [-0.3, -0.25) is 4.40 Å². The average Bonchev–Trinajstić information content (AvgIpc) is 2.49. The largest absolute Gasteiger partial charge is 0.504 e. The van der Waals surface area contributed by atoms with Gasteiger partial charge in [-0.2, -0.15) is 0 Å². The molecule has 0 saturated heterocycles. The van der Waals surface area contributed by atoms with Gasteiger partial charge in [0.1, 0.15) is 0 Å². The molecule has 2 rings (SSSR count). The Labute approximate surface area is 68.7 Å². The predicted molar refractivity (Wildman–Crippen MR) is 42.8 cm³/mol. The first-order chi connectivity index (χ1) is 5.83. The highest BCUT2D eigenvalue weighted by Gasteiger charge is 2.03. The van der Waals surface area contributed by atoms with E-state index in [4.69, 9.17) is 5.11 Å². The van der Waals surface area contributed by atoms with E-state index in [-0.39, 0.29) is 12.4 Å². The predicted octanol–water partition coefficient (Wildman–Crippen LogP) is 0.532. The molecule has 62 valence electrons. The molecule has 0 amide bonds. The van der Waals surface area contributed by atoms with Crippen molar-refractivity contribution in [2.75, 3.05) is 0 Å². The monoisotopic (exact) mass is 164 g/mol. The van der Waals surface area contributed by atoms with Crippen LogP contribution in [0.2, 0.25) is 0 Å². The van der Waals surface area contributed by atoms with Crippen molar-refractivity contribution in [1.82, 2.24) is 9.38 Å². The van der Waals surface area contributed by atoms with Gasteiger partial charge in [0.15, 0.2) is 11.4 Å². The number of aliphatic hydroxyl groups is 1. The number of hydrogen-bond acceptors (Lipinski definition) is 3. The molecule has 0 aromatic carbocycles. The minimum Gasteiger partial charge on any atom is -0.504 e. The number of imidazole rings is 1. The van der Waals surface area contributed by atoms with E-state index >= 15 is 0 Å². The van der Waals surface area contributed by atoms with Gasteiger partial charge in [-0.15, -0.1) is 0 Å². The lowest BCUT2D eigenvalue weighted by Crippen LogP contribution is -1.90. The average molecular weight is 164 g/mol. The molecule has 0 aliphatic rings. The van der Waals surface area contributed by atoms with Gasteiger partial charge in [-0.1, -0.05) is 0 Å². The third-order valence-corrected chi connectivity index (χ3v) is 1.75. The number of aromatic hydroxyl groups is 1. The molecule has 2 N–H and O–H groups in total. The molecule has 4 nitrogen and oxygen atoms in total. The van der Waals surface area contributed by atoms with Crippen LogP contribution in [0.4, 0.5) is 0 Å². The molecule has 0 fully saturated rings. The molecule has 0 aliphatic carbocycles. The Kier molecular flexibility index (Phi) is 1.48. The highest BCUT2D eigenvalue weighted by atomic mass is 16.3. The van der Waals surface area contributed by atoms with Crippen molar-refractivity contribution >= 4 is 5.65 Å². The minimum absolute atomic E-state index is 0.0788. The third kappa shape index (κ3) is 0.853. The Morgan fingerprint density at radius 1 is 1.50 bits per heavy atom. The topological polar surface area (TPSA) is 57.8 Å². The summed E-state index contributed by atoms with van der Waals surface area (Å²) in [4.78, 5) is 3.94. The maximum atomic E-state index is 9.32. The number of hydrogen-bond donors (Lipinski definition) is 2. The van der Waals surface area contributed by atoms with Gasteiger partial charge >= 0.3 is 0 Å². The van der Waals surface area contributed by atoms with E-state index in [1.165, 1.54) is 6.20 Å². The van der Waals surface area contributed by atoms with Crippen molar-refractivity contribution in [3.63, 3.8) is 0 Å². The molecule has 0 radical (unpaired) electrons. The van der Waals surface area contributed by atoms with Gasteiger partial charge in [-0.05, 0) is 12.1 Å². The normalized spacial score (nSPS) is 10.8. The first-order valence-corrected chi connectivity index (χ1v) is 3.57. The zero-order valence-electron chi connectivity index (χ0n) is 6.31. The molecule has 0 aliphatic heterocycles. The number of nitrogens with zero attached hydrogens (tertiary/aromatic N) is 2. The van der Waals surface area contributed by atoms with Gasteiger partial charge in [-0.25, -0.2) is 4.98 Å². The zero-order chi connectivity index (χ0) is 8.55. The van der Waals surface area contributed by atoms with E-state index in [2.05, 4.69) is 4.98 Å². The van der Waals surface area contributed by atoms with Gasteiger partial charge in [0.25, 0.3) is 0 Å². The Balaban J connectivity index is 2.80. The number of rotatable bonds is 1. The SMILES string of the molecule is OCc1cnc2c(O)cccn12. The van der Waals surface area contributed by atoms with E-state index in [9.17, 15) is 5.11 Å². The third-order valence-electron chi connectivity index (χ3n) is 1.75. The summed E-state index contributed by atoms with van der Waals surface area (Å²) >= 11 is 0. The second kappa shape index (κ2) is 2.49. The first-order valence-electron chi connectivity index (χ1n) is 3.57. The number of aliphatic hydroxyl groups excluding tert-OH is 1. The minimum atomic E-state index is -0.0788. The lowest BCUT2D eigenvalue weighted by atomic mass is 10.4. The van der Waals surface area contributed by atoms with Gasteiger partial charge < -0.3 is 10.2 Å². The lowest BCUT2D eigenvalue weighted by Gasteiger charge is -1.97. The molecule has 0 unspecified atom stereocenters. The molecular formula is C8H8N2O2. The quantitative estimate of drug-likeness (QED) is 0.646. The fourth-order valence-electron chi connectivity index (χ4n) is 1.16. The summed E-state index contributed by atoms with van der Waals surface area (Å²) in [6.45, 7) is -0.0788. The number of aromatic nitrogens is 2. The Morgan fingerprint density at radius 3 is 3.08 bits per heavy atom. The summed E-state index contributed by atoms with van der Waals surface area (Å²) in [5.41, 5.74) is 1.14. The van der Waals surface area contributed by atoms with Crippen LogP contribution in [-0.4, -0.2) is 19.6 Å². The van der Waals surface area contributed by atoms with Crippen molar-refractivity contribution in [3.8, 4) is 5.75 Å². The van der Waals surface area contributed by atoms with Crippen LogP contribution in [0.25, 0.3) is 5.65 Å². The number of fused-ring (bicyclic) bond motifs is 1. The van der Waals surface area contributed by atoms with Crippen LogP contribution in [0.15, 0.2) is 24.5 Å². The molecule has 0 atom stereocenters. The maximum Gasteiger partial charge on any atom is 0.179 e. The highest BCUT2D eigenvalue weighted by molar-refractivity contribution is 5.53. The second-order valence-electron chi connectivity index (χ2n) is 2.49. The summed E-state index contributed by atoms with van der Waals surface area (Å²) in [5.74, 6) is 0.122. The second-order valence-corrected chi connectivity index (χ2v) is 2.49. The van der Waals surface area contributed by atoms with E-state index in [1.54, 1.807) is 22.7 Å². The standard InChI is InChI=1S/C8H8N2O2/c11-5-6-4-9-8-7(12)2-1-3-10(6)8/h1-4,11-12H,5H2. The molecule has 2 heterocycles. The van der Waals surface area contributed by atoms with Crippen LogP contribution < -0.4 is 0 Å². The van der Waals surface area contributed by atoms with Crippen LogP contribution in [0.3, 0.4) is 0 Å². The molecule has 2 aromatic rings. The van der Waals surface area contributed by atoms with E-state index in [0.717, 1.165) is 0 Å². The summed E-state index contributed by atoms with van der Waals surface area (Å²) in [5, 5.41) is 18.2. The summed E-state index contributed by atoms with van der Waals surface area (Å²) in [6.07, 6.45) is 3.28. The fraction of sp³-hybridized carbons (Fsp3) is 0.125.